The molecule has 1 aliphatic rings. The van der Waals surface area contributed by atoms with E-state index < -0.39 is 6.09 Å². The summed E-state index contributed by atoms with van der Waals surface area (Å²) in [5.41, 5.74) is 1.96. The zero-order chi connectivity index (χ0) is 17.4. The van der Waals surface area contributed by atoms with Crippen LogP contribution in [0.25, 0.3) is 0 Å². The molecule has 3 N–H and O–H groups in total. The molecule has 0 atom stereocenters. The van der Waals surface area contributed by atoms with Gasteiger partial charge in [-0.15, -0.1) is 0 Å². The Hall–Kier alpha value is -2.15. The van der Waals surface area contributed by atoms with Crippen LogP contribution in [-0.4, -0.2) is 48.3 Å². The lowest BCUT2D eigenvalue weighted by atomic mass is 10.0. The highest BCUT2D eigenvalue weighted by Gasteiger charge is 2.23. The molecule has 24 heavy (non-hydrogen) atoms. The van der Waals surface area contributed by atoms with Crippen LogP contribution >= 0.6 is 0 Å². The molecule has 0 bridgehead atoms. The van der Waals surface area contributed by atoms with E-state index in [1.165, 1.54) is 11.8 Å². The minimum atomic E-state index is -0.927. The number of nitrogens with zero attached hydrogens (tertiary/aromatic N) is 2. The van der Waals surface area contributed by atoms with E-state index in [4.69, 9.17) is 0 Å². The smallest absolute Gasteiger partial charge is 0.413 e. The third-order valence-electron chi connectivity index (χ3n) is 4.04. The Bertz CT molecular complexity index is 577. The molecule has 0 saturated heterocycles. The summed E-state index contributed by atoms with van der Waals surface area (Å²) >= 11 is 0. The van der Waals surface area contributed by atoms with Crippen LogP contribution < -0.4 is 15.5 Å². The largest absolute Gasteiger partial charge is 0.465 e. The average molecular weight is 334 g/mol. The van der Waals surface area contributed by atoms with Gasteiger partial charge in [-0.1, -0.05) is 6.07 Å². The second kappa shape index (κ2) is 9.22. The van der Waals surface area contributed by atoms with Crippen molar-refractivity contribution in [3.05, 3.63) is 23.4 Å². The SMILES string of the molecule is CC(=O)NCCNCCCCc1ccc2c(n1)N(C(=O)O)CCC2. The summed E-state index contributed by atoms with van der Waals surface area (Å²) in [5, 5.41) is 15.3. The van der Waals surface area contributed by atoms with Gasteiger partial charge in [0.2, 0.25) is 5.91 Å². The normalized spacial score (nSPS) is 13.5. The number of amides is 2. The van der Waals surface area contributed by atoms with Gasteiger partial charge in [0.05, 0.1) is 0 Å². The van der Waals surface area contributed by atoms with E-state index in [9.17, 15) is 14.7 Å². The van der Waals surface area contributed by atoms with E-state index in [2.05, 4.69) is 15.6 Å². The maximum Gasteiger partial charge on any atom is 0.413 e. The summed E-state index contributed by atoms with van der Waals surface area (Å²) in [7, 11) is 0. The molecule has 0 fully saturated rings. The molecule has 0 unspecified atom stereocenters. The van der Waals surface area contributed by atoms with Crippen LogP contribution in [0.15, 0.2) is 12.1 Å². The van der Waals surface area contributed by atoms with Crippen molar-refractivity contribution in [3.63, 3.8) is 0 Å². The molecule has 1 aromatic rings. The first-order valence-corrected chi connectivity index (χ1v) is 8.52. The fraction of sp³-hybridized carbons (Fsp3) is 0.588. The Balaban J connectivity index is 1.73. The molecule has 2 amide bonds. The van der Waals surface area contributed by atoms with Crippen LogP contribution in [-0.2, 0) is 17.6 Å². The van der Waals surface area contributed by atoms with Gasteiger partial charge < -0.3 is 15.7 Å². The van der Waals surface area contributed by atoms with Crippen molar-refractivity contribution < 1.29 is 14.7 Å². The number of carbonyl (C=O) groups is 2. The second-order valence-corrected chi connectivity index (χ2v) is 6.01. The first-order valence-electron chi connectivity index (χ1n) is 8.52. The minimum absolute atomic E-state index is 0.00862. The number of aromatic nitrogens is 1. The average Bonchev–Trinajstić information content (AvgIpc) is 2.56. The Morgan fingerprint density at radius 3 is 2.83 bits per heavy atom. The van der Waals surface area contributed by atoms with E-state index in [1.54, 1.807) is 0 Å². The number of hydrogen-bond acceptors (Lipinski definition) is 4. The van der Waals surface area contributed by atoms with Gasteiger partial charge in [0.25, 0.3) is 0 Å². The van der Waals surface area contributed by atoms with Gasteiger partial charge in [-0.25, -0.2) is 9.78 Å². The van der Waals surface area contributed by atoms with Crippen molar-refractivity contribution in [3.8, 4) is 0 Å². The van der Waals surface area contributed by atoms with E-state index in [0.717, 1.165) is 56.5 Å². The van der Waals surface area contributed by atoms with Crippen molar-refractivity contribution in [2.24, 2.45) is 0 Å². The topological polar surface area (TPSA) is 94.6 Å². The maximum absolute atomic E-state index is 11.3. The molecule has 132 valence electrons. The number of pyridine rings is 1. The van der Waals surface area contributed by atoms with Gasteiger partial charge in [-0.2, -0.15) is 0 Å². The highest BCUT2D eigenvalue weighted by molar-refractivity contribution is 5.86. The first kappa shape index (κ1) is 18.2. The van der Waals surface area contributed by atoms with E-state index in [-0.39, 0.29) is 5.91 Å². The number of unbranched alkanes of at least 4 members (excludes halogenated alkanes) is 1. The third kappa shape index (κ3) is 5.49. The zero-order valence-electron chi connectivity index (χ0n) is 14.2. The van der Waals surface area contributed by atoms with Crippen LogP contribution in [0.1, 0.15) is 37.4 Å². The number of rotatable bonds is 8. The van der Waals surface area contributed by atoms with Crippen LogP contribution in [0.2, 0.25) is 0 Å². The van der Waals surface area contributed by atoms with E-state index in [1.807, 2.05) is 12.1 Å². The molecule has 7 heteroatoms. The fourth-order valence-electron chi connectivity index (χ4n) is 2.81. The number of carboxylic acid groups (broad SMARTS) is 1. The number of carbonyl (C=O) groups excluding carboxylic acids is 1. The lowest BCUT2D eigenvalue weighted by Gasteiger charge is -2.26. The number of fused-ring (bicyclic) bond motifs is 1. The lowest BCUT2D eigenvalue weighted by Crippen LogP contribution is -2.35. The molecule has 0 radical (unpaired) electrons. The molecule has 2 rings (SSSR count). The van der Waals surface area contributed by atoms with Gasteiger partial charge in [0, 0.05) is 32.3 Å². The third-order valence-corrected chi connectivity index (χ3v) is 4.04. The highest BCUT2D eigenvalue weighted by atomic mass is 16.4. The Kier molecular flexibility index (Phi) is 6.99. The molecule has 0 aromatic carbocycles. The standard InChI is InChI=1S/C17H26N4O3/c1-13(22)19-11-10-18-9-3-2-6-15-8-7-14-5-4-12-21(17(23)24)16(14)20-15/h7-8,18H,2-6,9-12H2,1H3,(H,19,22)(H,23,24). The number of aryl methyl sites for hydroxylation is 2. The zero-order valence-corrected chi connectivity index (χ0v) is 14.2. The summed E-state index contributed by atoms with van der Waals surface area (Å²) in [5.74, 6) is 0.602. The molecular formula is C17H26N4O3. The monoisotopic (exact) mass is 334 g/mol. The number of nitrogens with one attached hydrogen (secondary N) is 2. The molecule has 7 nitrogen and oxygen atoms in total. The number of hydrogen-bond donors (Lipinski definition) is 3. The van der Waals surface area contributed by atoms with Crippen molar-refractivity contribution in [2.75, 3.05) is 31.1 Å². The summed E-state index contributed by atoms with van der Waals surface area (Å²) in [4.78, 5) is 27.9. The lowest BCUT2D eigenvalue weighted by molar-refractivity contribution is -0.118. The van der Waals surface area contributed by atoms with Crippen LogP contribution in [0.5, 0.6) is 0 Å². The van der Waals surface area contributed by atoms with Crippen LogP contribution in [0.3, 0.4) is 0 Å². The molecule has 1 aliphatic heterocycles. The maximum atomic E-state index is 11.3. The van der Waals surface area contributed by atoms with Gasteiger partial charge in [0.1, 0.15) is 5.82 Å². The van der Waals surface area contributed by atoms with Crippen molar-refractivity contribution in [1.29, 1.82) is 0 Å². The van der Waals surface area contributed by atoms with Gasteiger partial charge in [-0.3, -0.25) is 9.69 Å². The minimum Gasteiger partial charge on any atom is -0.465 e. The van der Waals surface area contributed by atoms with Gasteiger partial charge >= 0.3 is 6.09 Å². The molecule has 2 heterocycles. The van der Waals surface area contributed by atoms with Crippen molar-refractivity contribution >= 4 is 17.8 Å². The summed E-state index contributed by atoms with van der Waals surface area (Å²) in [6, 6.07) is 4.02. The predicted octanol–water partition coefficient (Wildman–Crippen LogP) is 1.56. The second-order valence-electron chi connectivity index (χ2n) is 6.01. The summed E-state index contributed by atoms with van der Waals surface area (Å²) in [6.07, 6.45) is 3.67. The van der Waals surface area contributed by atoms with Crippen molar-refractivity contribution in [2.45, 2.75) is 39.0 Å². The Labute approximate surface area is 142 Å². The Morgan fingerprint density at radius 1 is 1.25 bits per heavy atom. The molecule has 0 spiro atoms. The van der Waals surface area contributed by atoms with Gasteiger partial charge in [-0.05, 0) is 50.3 Å². The van der Waals surface area contributed by atoms with Crippen LogP contribution in [0, 0.1) is 0 Å². The molecule has 0 aliphatic carbocycles. The quantitative estimate of drug-likeness (QED) is 0.627. The first-order chi connectivity index (χ1) is 11.6. The van der Waals surface area contributed by atoms with E-state index in [0.29, 0.717) is 18.9 Å². The van der Waals surface area contributed by atoms with Gasteiger partial charge in [0.15, 0.2) is 0 Å². The Morgan fingerprint density at radius 2 is 2.08 bits per heavy atom. The summed E-state index contributed by atoms with van der Waals surface area (Å²) < 4.78 is 0. The predicted molar refractivity (Wildman–Crippen MR) is 92.4 cm³/mol. The van der Waals surface area contributed by atoms with Crippen LogP contribution in [0.4, 0.5) is 10.6 Å². The number of anilines is 1. The molecular weight excluding hydrogens is 308 g/mol. The van der Waals surface area contributed by atoms with Crippen molar-refractivity contribution in [1.82, 2.24) is 15.6 Å². The highest BCUT2D eigenvalue weighted by Crippen LogP contribution is 2.25. The fourth-order valence-corrected chi connectivity index (χ4v) is 2.81. The molecule has 1 aromatic heterocycles. The van der Waals surface area contributed by atoms with E-state index >= 15 is 0 Å². The molecule has 0 saturated carbocycles. The summed E-state index contributed by atoms with van der Waals surface area (Å²) in [6.45, 7) is 4.34.